The quantitative estimate of drug-likeness (QED) is 0.786. The van der Waals surface area contributed by atoms with Crippen LogP contribution in [0.15, 0.2) is 18.2 Å². The van der Waals surface area contributed by atoms with Crippen molar-refractivity contribution in [2.45, 2.75) is 25.7 Å². The van der Waals surface area contributed by atoms with E-state index in [-0.39, 0.29) is 24.3 Å². The van der Waals surface area contributed by atoms with Crippen LogP contribution in [0, 0.1) is 12.7 Å². The number of halogens is 1. The average Bonchev–Trinajstić information content (AvgIpc) is 2.15. The molecule has 0 bridgehead atoms. The SMILES string of the molecule is [CH2]C(CO)c1ccc(C(C)C)c(F)c1. The fourth-order valence-corrected chi connectivity index (χ4v) is 1.37. The van der Waals surface area contributed by atoms with Gasteiger partial charge < -0.3 is 5.11 Å². The molecule has 0 heterocycles. The molecular formula is C12H16FO. The number of rotatable bonds is 3. The van der Waals surface area contributed by atoms with E-state index in [1.807, 2.05) is 19.9 Å². The van der Waals surface area contributed by atoms with E-state index in [0.29, 0.717) is 5.56 Å². The van der Waals surface area contributed by atoms with Gasteiger partial charge in [0.25, 0.3) is 0 Å². The van der Waals surface area contributed by atoms with E-state index in [2.05, 4.69) is 6.92 Å². The zero-order chi connectivity index (χ0) is 10.7. The molecule has 0 fully saturated rings. The van der Waals surface area contributed by atoms with Crippen LogP contribution < -0.4 is 0 Å². The Morgan fingerprint density at radius 3 is 2.50 bits per heavy atom. The molecule has 0 aliphatic rings. The summed E-state index contributed by atoms with van der Waals surface area (Å²) >= 11 is 0. The zero-order valence-corrected chi connectivity index (χ0v) is 8.63. The molecule has 0 spiro atoms. The van der Waals surface area contributed by atoms with Crippen LogP contribution >= 0.6 is 0 Å². The van der Waals surface area contributed by atoms with E-state index >= 15 is 0 Å². The minimum Gasteiger partial charge on any atom is -0.396 e. The third-order valence-corrected chi connectivity index (χ3v) is 2.34. The van der Waals surface area contributed by atoms with Gasteiger partial charge in [-0.2, -0.15) is 0 Å². The molecule has 1 nitrogen and oxygen atoms in total. The minimum absolute atomic E-state index is 0.0551. The van der Waals surface area contributed by atoms with Crippen molar-refractivity contribution in [1.29, 1.82) is 0 Å². The van der Waals surface area contributed by atoms with Crippen molar-refractivity contribution in [3.05, 3.63) is 42.1 Å². The first-order valence-corrected chi connectivity index (χ1v) is 4.79. The molecule has 0 aliphatic heterocycles. The van der Waals surface area contributed by atoms with Gasteiger partial charge in [0.15, 0.2) is 0 Å². The summed E-state index contributed by atoms with van der Waals surface area (Å²) < 4.78 is 13.5. The summed E-state index contributed by atoms with van der Waals surface area (Å²) in [5, 5.41) is 8.87. The van der Waals surface area contributed by atoms with E-state index in [9.17, 15) is 4.39 Å². The first-order valence-electron chi connectivity index (χ1n) is 4.79. The minimum atomic E-state index is -0.245. The van der Waals surface area contributed by atoms with Gasteiger partial charge in [0, 0.05) is 12.5 Å². The van der Waals surface area contributed by atoms with Crippen molar-refractivity contribution >= 4 is 0 Å². The number of hydrogen-bond donors (Lipinski definition) is 1. The van der Waals surface area contributed by atoms with Gasteiger partial charge >= 0.3 is 0 Å². The van der Waals surface area contributed by atoms with Gasteiger partial charge in [-0.05, 0) is 30.0 Å². The van der Waals surface area contributed by atoms with E-state index in [4.69, 9.17) is 5.11 Å². The van der Waals surface area contributed by atoms with Gasteiger partial charge in [-0.25, -0.2) is 4.39 Å². The number of aliphatic hydroxyl groups is 1. The first-order chi connectivity index (χ1) is 6.56. The first kappa shape index (κ1) is 11.2. The molecular weight excluding hydrogens is 179 g/mol. The van der Waals surface area contributed by atoms with Crippen LogP contribution in [0.4, 0.5) is 4.39 Å². The summed E-state index contributed by atoms with van der Waals surface area (Å²) in [6, 6.07) is 5.05. The van der Waals surface area contributed by atoms with Crippen LogP contribution in [-0.2, 0) is 0 Å². The van der Waals surface area contributed by atoms with Crippen LogP contribution in [0.3, 0.4) is 0 Å². The lowest BCUT2D eigenvalue weighted by molar-refractivity contribution is 0.282. The van der Waals surface area contributed by atoms with Crippen molar-refractivity contribution < 1.29 is 9.50 Å². The number of hydrogen-bond acceptors (Lipinski definition) is 1. The van der Waals surface area contributed by atoms with Crippen LogP contribution in [0.1, 0.15) is 36.8 Å². The predicted octanol–water partition coefficient (Wildman–Crippen LogP) is 2.86. The largest absolute Gasteiger partial charge is 0.396 e. The summed E-state index contributed by atoms with van der Waals surface area (Å²) in [5.41, 5.74) is 1.45. The van der Waals surface area contributed by atoms with E-state index < -0.39 is 0 Å². The molecule has 0 saturated carbocycles. The Balaban J connectivity index is 3.00. The second-order valence-corrected chi connectivity index (χ2v) is 3.82. The molecule has 0 amide bonds. The van der Waals surface area contributed by atoms with Crippen LogP contribution in [0.5, 0.6) is 0 Å². The highest BCUT2D eigenvalue weighted by Crippen LogP contribution is 2.22. The van der Waals surface area contributed by atoms with Gasteiger partial charge in [-0.3, -0.25) is 0 Å². The lowest BCUT2D eigenvalue weighted by atomic mass is 9.96. The zero-order valence-electron chi connectivity index (χ0n) is 8.63. The summed E-state index contributed by atoms with van der Waals surface area (Å²) in [6.45, 7) is 7.57. The highest BCUT2D eigenvalue weighted by molar-refractivity contribution is 5.29. The smallest absolute Gasteiger partial charge is 0.126 e. The average molecular weight is 195 g/mol. The molecule has 2 heteroatoms. The molecule has 0 aromatic heterocycles. The molecule has 77 valence electrons. The van der Waals surface area contributed by atoms with Crippen molar-refractivity contribution in [2.24, 2.45) is 0 Å². The van der Waals surface area contributed by atoms with Crippen LogP contribution in [0.2, 0.25) is 0 Å². The molecule has 1 aromatic rings. The number of aliphatic hydroxyl groups excluding tert-OH is 1. The summed E-state index contributed by atoms with van der Waals surface area (Å²) in [7, 11) is 0. The maximum Gasteiger partial charge on any atom is 0.126 e. The Bertz CT molecular complexity index is 307. The van der Waals surface area contributed by atoms with Gasteiger partial charge in [-0.1, -0.05) is 26.0 Å². The molecule has 1 unspecified atom stereocenters. The van der Waals surface area contributed by atoms with E-state index in [1.54, 1.807) is 6.07 Å². The van der Waals surface area contributed by atoms with Crippen molar-refractivity contribution in [3.63, 3.8) is 0 Å². The second kappa shape index (κ2) is 4.56. The van der Waals surface area contributed by atoms with Crippen molar-refractivity contribution in [2.75, 3.05) is 6.61 Å². The Hall–Kier alpha value is -0.890. The van der Waals surface area contributed by atoms with Crippen LogP contribution in [0.25, 0.3) is 0 Å². The third-order valence-electron chi connectivity index (χ3n) is 2.34. The summed E-state index contributed by atoms with van der Waals surface area (Å²) in [4.78, 5) is 0. The lowest BCUT2D eigenvalue weighted by Crippen LogP contribution is -2.01. The topological polar surface area (TPSA) is 20.2 Å². The standard InChI is InChI=1S/C12H16FO/c1-8(2)11-5-4-10(6-12(11)13)9(3)7-14/h4-6,8-9,14H,3,7H2,1-2H3. The molecule has 1 atom stereocenters. The molecule has 1 radical (unpaired) electrons. The second-order valence-electron chi connectivity index (χ2n) is 3.82. The molecule has 0 saturated heterocycles. The van der Waals surface area contributed by atoms with Gasteiger partial charge in [0.2, 0.25) is 0 Å². The Morgan fingerprint density at radius 1 is 1.43 bits per heavy atom. The monoisotopic (exact) mass is 195 g/mol. The molecule has 1 N–H and O–H groups in total. The van der Waals surface area contributed by atoms with E-state index in [1.165, 1.54) is 6.07 Å². The van der Waals surface area contributed by atoms with Crippen molar-refractivity contribution in [1.82, 2.24) is 0 Å². The summed E-state index contributed by atoms with van der Waals surface area (Å²) in [5.74, 6) is -0.272. The molecule has 1 aromatic carbocycles. The van der Waals surface area contributed by atoms with Gasteiger partial charge in [0.05, 0.1) is 0 Å². The summed E-state index contributed by atoms with van der Waals surface area (Å²) in [6.07, 6.45) is 0. The normalized spacial score (nSPS) is 13.3. The number of benzene rings is 1. The fraction of sp³-hybridized carbons (Fsp3) is 0.417. The molecule has 14 heavy (non-hydrogen) atoms. The Labute approximate surface area is 84.6 Å². The Kier molecular flexibility index (Phi) is 3.64. The van der Waals surface area contributed by atoms with Gasteiger partial charge in [-0.15, -0.1) is 0 Å². The van der Waals surface area contributed by atoms with Crippen molar-refractivity contribution in [3.8, 4) is 0 Å². The predicted molar refractivity (Wildman–Crippen MR) is 55.7 cm³/mol. The highest BCUT2D eigenvalue weighted by Gasteiger charge is 2.10. The van der Waals surface area contributed by atoms with E-state index in [0.717, 1.165) is 5.56 Å². The molecule has 1 rings (SSSR count). The third kappa shape index (κ3) is 2.32. The highest BCUT2D eigenvalue weighted by atomic mass is 19.1. The maximum atomic E-state index is 13.5. The lowest BCUT2D eigenvalue weighted by Gasteiger charge is -2.12. The Morgan fingerprint density at radius 2 is 2.07 bits per heavy atom. The molecule has 0 aliphatic carbocycles. The fourth-order valence-electron chi connectivity index (χ4n) is 1.37. The van der Waals surface area contributed by atoms with Crippen LogP contribution in [-0.4, -0.2) is 11.7 Å². The maximum absolute atomic E-state index is 13.5. The van der Waals surface area contributed by atoms with Gasteiger partial charge in [0.1, 0.15) is 5.82 Å².